The topological polar surface area (TPSA) is 68.6 Å². The van der Waals surface area contributed by atoms with E-state index in [1.54, 1.807) is 0 Å². The minimum atomic E-state index is -0.147. The molecule has 4 aromatic rings. The number of fused-ring (bicyclic) bond motifs is 2. The van der Waals surface area contributed by atoms with Gasteiger partial charge in [-0.2, -0.15) is 5.10 Å². The quantitative estimate of drug-likeness (QED) is 0.415. The molecule has 1 saturated carbocycles. The van der Waals surface area contributed by atoms with E-state index in [0.29, 0.717) is 6.04 Å². The molecule has 0 bridgehead atoms. The number of piperidine rings is 1. The lowest BCUT2D eigenvalue weighted by molar-refractivity contribution is -0.330. The van der Waals surface area contributed by atoms with Crippen molar-refractivity contribution < 1.29 is 4.98 Å². The number of hydrazone groups is 1. The predicted molar refractivity (Wildman–Crippen MR) is 144 cm³/mol. The van der Waals surface area contributed by atoms with E-state index in [-0.39, 0.29) is 11.5 Å². The summed E-state index contributed by atoms with van der Waals surface area (Å²) in [6, 6.07) is 24.5. The minimum absolute atomic E-state index is 0.147. The third-order valence-corrected chi connectivity index (χ3v) is 8.52. The summed E-state index contributed by atoms with van der Waals surface area (Å²) in [4.78, 5) is 8.65. The second-order valence-electron chi connectivity index (χ2n) is 10.7. The number of pyridine rings is 2. The SMILES string of the molecule is NC1(c2ccc(-c3[nH+]c4cnc(C5C=NN6CCCCC56)cc4cc3-c3ccccc3)cc2)CCC1. The van der Waals surface area contributed by atoms with Crippen LogP contribution in [0, 0.1) is 0 Å². The number of rotatable bonds is 4. The highest BCUT2D eigenvalue weighted by Crippen LogP contribution is 2.40. The maximum atomic E-state index is 6.59. The Hall–Kier alpha value is -3.57. The first-order valence-corrected chi connectivity index (χ1v) is 13.3. The molecule has 4 heterocycles. The van der Waals surface area contributed by atoms with Gasteiger partial charge in [-0.05, 0) is 73.9 Å². The lowest BCUT2D eigenvalue weighted by atomic mass is 9.72. The van der Waals surface area contributed by atoms with Gasteiger partial charge in [0.2, 0.25) is 11.2 Å². The third kappa shape index (κ3) is 3.61. The van der Waals surface area contributed by atoms with E-state index < -0.39 is 0 Å². The van der Waals surface area contributed by atoms with Crippen LogP contribution < -0.4 is 10.7 Å². The van der Waals surface area contributed by atoms with Crippen molar-refractivity contribution in [3.05, 3.63) is 84.2 Å². The lowest BCUT2D eigenvalue weighted by Gasteiger charge is -2.38. The third-order valence-electron chi connectivity index (χ3n) is 8.52. The van der Waals surface area contributed by atoms with E-state index in [1.807, 2.05) is 6.20 Å². The molecule has 7 rings (SSSR count). The zero-order chi connectivity index (χ0) is 24.1. The molecule has 0 radical (unpaired) electrons. The highest BCUT2D eigenvalue weighted by atomic mass is 15.5. The smallest absolute Gasteiger partial charge is 0.229 e. The van der Waals surface area contributed by atoms with E-state index >= 15 is 0 Å². The van der Waals surface area contributed by atoms with Crippen LogP contribution in [0.1, 0.15) is 55.7 Å². The predicted octanol–water partition coefficient (Wildman–Crippen LogP) is 5.66. The molecule has 2 aromatic carbocycles. The first-order chi connectivity index (χ1) is 17.7. The van der Waals surface area contributed by atoms with Crippen molar-refractivity contribution in [3.63, 3.8) is 0 Å². The number of H-pyrrole nitrogens is 1. The number of hydrogen-bond donors (Lipinski definition) is 1. The molecule has 36 heavy (non-hydrogen) atoms. The van der Waals surface area contributed by atoms with Crippen LogP contribution in [-0.4, -0.2) is 28.8 Å². The summed E-state index contributed by atoms with van der Waals surface area (Å²) in [5, 5.41) is 8.15. The molecule has 2 aromatic heterocycles. The normalized spacial score (nSPS) is 22.4. The maximum Gasteiger partial charge on any atom is 0.229 e. The van der Waals surface area contributed by atoms with Gasteiger partial charge in [-0.25, -0.2) is 4.98 Å². The van der Waals surface area contributed by atoms with Gasteiger partial charge in [0.15, 0.2) is 0 Å². The zero-order valence-electron chi connectivity index (χ0n) is 20.5. The molecule has 0 spiro atoms. The van der Waals surface area contributed by atoms with Crippen LogP contribution in [0.3, 0.4) is 0 Å². The summed E-state index contributed by atoms with van der Waals surface area (Å²) in [6.07, 6.45) is 11.2. The second kappa shape index (κ2) is 8.52. The van der Waals surface area contributed by atoms with Crippen LogP contribution in [0.15, 0.2) is 78.0 Å². The molecule has 5 heteroatoms. The average molecular weight is 475 g/mol. The molecule has 1 saturated heterocycles. The van der Waals surface area contributed by atoms with Gasteiger partial charge in [-0.1, -0.05) is 42.5 Å². The van der Waals surface area contributed by atoms with Gasteiger partial charge in [0, 0.05) is 23.9 Å². The van der Waals surface area contributed by atoms with E-state index in [9.17, 15) is 0 Å². The Labute approximate surface area is 212 Å². The lowest BCUT2D eigenvalue weighted by Crippen LogP contribution is -2.43. The number of aromatic nitrogens is 2. The summed E-state index contributed by atoms with van der Waals surface area (Å²) in [6.45, 7) is 1.06. The van der Waals surface area contributed by atoms with Gasteiger partial charge < -0.3 is 5.73 Å². The number of aromatic amines is 1. The number of nitrogens with zero attached hydrogens (tertiary/aromatic N) is 3. The number of hydrogen-bond acceptors (Lipinski definition) is 4. The monoisotopic (exact) mass is 474 g/mol. The van der Waals surface area contributed by atoms with E-state index in [0.717, 1.165) is 41.9 Å². The maximum absolute atomic E-state index is 6.59. The van der Waals surface area contributed by atoms with Crippen LogP contribution >= 0.6 is 0 Å². The first kappa shape index (κ1) is 21.7. The van der Waals surface area contributed by atoms with Crippen molar-refractivity contribution in [1.82, 2.24) is 9.99 Å². The van der Waals surface area contributed by atoms with Crippen LogP contribution in [0.5, 0.6) is 0 Å². The van der Waals surface area contributed by atoms with Crippen molar-refractivity contribution in [2.45, 2.75) is 56.0 Å². The number of benzene rings is 2. The van der Waals surface area contributed by atoms with Crippen molar-refractivity contribution >= 4 is 17.1 Å². The molecular weight excluding hydrogens is 442 g/mol. The molecular formula is C31H32N5+. The van der Waals surface area contributed by atoms with Crippen molar-refractivity contribution in [2.75, 3.05) is 6.54 Å². The van der Waals surface area contributed by atoms with Gasteiger partial charge in [0.1, 0.15) is 0 Å². The molecule has 0 amide bonds. The molecule has 2 unspecified atom stereocenters. The molecule has 2 atom stereocenters. The Balaban J connectivity index is 1.32. The van der Waals surface area contributed by atoms with E-state index in [2.05, 4.69) is 82.9 Å². The van der Waals surface area contributed by atoms with Crippen molar-refractivity contribution in [3.8, 4) is 22.4 Å². The van der Waals surface area contributed by atoms with Gasteiger partial charge in [0.25, 0.3) is 0 Å². The van der Waals surface area contributed by atoms with Crippen LogP contribution in [-0.2, 0) is 5.54 Å². The molecule has 3 N–H and O–H groups in total. The molecule has 5 nitrogen and oxygen atoms in total. The summed E-state index contributed by atoms with van der Waals surface area (Å²) in [7, 11) is 0. The highest BCUT2D eigenvalue weighted by molar-refractivity contribution is 5.88. The Morgan fingerprint density at radius 1 is 0.917 bits per heavy atom. The average Bonchev–Trinajstić information content (AvgIpc) is 3.35. The molecule has 3 aliphatic rings. The van der Waals surface area contributed by atoms with Crippen LogP contribution in [0.4, 0.5) is 0 Å². The molecule has 2 fully saturated rings. The fourth-order valence-electron chi connectivity index (χ4n) is 6.19. The second-order valence-corrected chi connectivity index (χ2v) is 10.7. The fourth-order valence-corrected chi connectivity index (χ4v) is 6.19. The molecule has 1 aliphatic carbocycles. The summed E-state index contributed by atoms with van der Waals surface area (Å²) in [5.41, 5.74) is 14.5. The van der Waals surface area contributed by atoms with Crippen LogP contribution in [0.25, 0.3) is 33.3 Å². The van der Waals surface area contributed by atoms with Crippen LogP contribution in [0.2, 0.25) is 0 Å². The standard InChI is InChI=1S/C31H31N5/c32-31(14-6-15-31)24-12-10-22(11-13-24)30-25(21-7-2-1-3-8-21)17-23-18-27(33-20-28(23)35-30)26-19-34-36-16-5-4-9-29(26)36/h1-3,7-8,10-13,17-20,26,29H,4-6,9,14-16,32H2/p+1. The van der Waals surface area contributed by atoms with E-state index in [1.165, 1.54) is 47.8 Å². The highest BCUT2D eigenvalue weighted by Gasteiger charge is 2.35. The largest absolute Gasteiger partial charge is 0.321 e. The van der Waals surface area contributed by atoms with Gasteiger partial charge in [0.05, 0.1) is 34.8 Å². The summed E-state index contributed by atoms with van der Waals surface area (Å²) >= 11 is 0. The van der Waals surface area contributed by atoms with Gasteiger partial charge >= 0.3 is 0 Å². The minimum Gasteiger partial charge on any atom is -0.321 e. The zero-order valence-corrected chi connectivity index (χ0v) is 20.5. The Morgan fingerprint density at radius 2 is 1.75 bits per heavy atom. The number of nitrogens with one attached hydrogen (secondary N) is 1. The van der Waals surface area contributed by atoms with Crippen molar-refractivity contribution in [1.29, 1.82) is 0 Å². The Morgan fingerprint density at radius 3 is 2.53 bits per heavy atom. The Bertz CT molecular complexity index is 1440. The molecule has 180 valence electrons. The first-order valence-electron chi connectivity index (χ1n) is 13.3. The van der Waals surface area contributed by atoms with Gasteiger partial charge in [-0.15, -0.1) is 0 Å². The van der Waals surface area contributed by atoms with Gasteiger partial charge in [-0.3, -0.25) is 9.99 Å². The van der Waals surface area contributed by atoms with E-state index in [4.69, 9.17) is 15.8 Å². The summed E-state index contributed by atoms with van der Waals surface area (Å²) < 4.78 is 0. The number of nitrogens with two attached hydrogens (primary N) is 1. The Kier molecular flexibility index (Phi) is 5.14. The fraction of sp³-hybridized carbons (Fsp3) is 0.323. The summed E-state index contributed by atoms with van der Waals surface area (Å²) in [5.74, 6) is 0.261. The van der Waals surface area contributed by atoms with Crippen molar-refractivity contribution in [2.24, 2.45) is 10.8 Å². The molecule has 2 aliphatic heterocycles.